The number of para-hydroxylation sites is 1. The Hall–Kier alpha value is -2.47. The molecule has 6 nitrogen and oxygen atoms in total. The number of Topliss-reactive ketones (excluding diaryl/α,β-unsaturated/α-hetero) is 1. The second kappa shape index (κ2) is 6.34. The van der Waals surface area contributed by atoms with Gasteiger partial charge in [-0.05, 0) is 18.1 Å². The van der Waals surface area contributed by atoms with Crippen molar-refractivity contribution in [2.45, 2.75) is 31.9 Å². The number of benzene rings is 1. The zero-order valence-corrected chi connectivity index (χ0v) is 13.0. The summed E-state index contributed by atoms with van der Waals surface area (Å²) in [5.41, 5.74) is 2.15. The SMILES string of the molecule is Cn1cncc1C(=O)CCc1ccccc1N1C(=O)CCC1O. The van der Waals surface area contributed by atoms with Crippen LogP contribution in [0.3, 0.4) is 0 Å². The van der Waals surface area contributed by atoms with Crippen molar-refractivity contribution in [3.8, 4) is 0 Å². The first-order valence-corrected chi connectivity index (χ1v) is 7.65. The van der Waals surface area contributed by atoms with Gasteiger partial charge in [-0.1, -0.05) is 18.2 Å². The van der Waals surface area contributed by atoms with Crippen LogP contribution in [0, 0.1) is 0 Å². The highest BCUT2D eigenvalue weighted by atomic mass is 16.3. The highest BCUT2D eigenvalue weighted by molar-refractivity contribution is 5.97. The van der Waals surface area contributed by atoms with Crippen LogP contribution in [0.15, 0.2) is 36.8 Å². The number of carbonyl (C=O) groups excluding carboxylic acids is 2. The minimum atomic E-state index is -0.781. The molecule has 1 amide bonds. The molecule has 1 N–H and O–H groups in total. The first kappa shape index (κ1) is 15.4. The number of aryl methyl sites for hydroxylation is 2. The van der Waals surface area contributed by atoms with Gasteiger partial charge in [-0.2, -0.15) is 0 Å². The number of hydrogen-bond acceptors (Lipinski definition) is 4. The van der Waals surface area contributed by atoms with Gasteiger partial charge in [0.15, 0.2) is 5.78 Å². The number of anilines is 1. The van der Waals surface area contributed by atoms with Gasteiger partial charge in [0.05, 0.1) is 12.5 Å². The molecule has 0 spiro atoms. The molecule has 2 heterocycles. The first-order chi connectivity index (χ1) is 11.1. The van der Waals surface area contributed by atoms with E-state index >= 15 is 0 Å². The van der Waals surface area contributed by atoms with E-state index in [4.69, 9.17) is 0 Å². The number of imidazole rings is 1. The van der Waals surface area contributed by atoms with E-state index in [9.17, 15) is 14.7 Å². The summed E-state index contributed by atoms with van der Waals surface area (Å²) in [6, 6.07) is 7.42. The number of aliphatic hydroxyl groups is 1. The third-order valence-corrected chi connectivity index (χ3v) is 4.16. The summed E-state index contributed by atoms with van der Waals surface area (Å²) in [6.45, 7) is 0. The maximum Gasteiger partial charge on any atom is 0.229 e. The molecule has 23 heavy (non-hydrogen) atoms. The molecule has 1 aromatic heterocycles. The number of aromatic nitrogens is 2. The van der Waals surface area contributed by atoms with Gasteiger partial charge in [0.25, 0.3) is 0 Å². The number of carbonyl (C=O) groups is 2. The van der Waals surface area contributed by atoms with Crippen molar-refractivity contribution in [2.24, 2.45) is 7.05 Å². The van der Waals surface area contributed by atoms with Gasteiger partial charge in [0, 0.05) is 32.0 Å². The molecule has 120 valence electrons. The Morgan fingerprint density at radius 1 is 1.39 bits per heavy atom. The number of nitrogens with zero attached hydrogens (tertiary/aromatic N) is 3. The van der Waals surface area contributed by atoms with E-state index < -0.39 is 6.23 Å². The van der Waals surface area contributed by atoms with Crippen molar-refractivity contribution in [1.82, 2.24) is 9.55 Å². The van der Waals surface area contributed by atoms with Gasteiger partial charge in [-0.15, -0.1) is 0 Å². The lowest BCUT2D eigenvalue weighted by atomic mass is 10.0. The molecule has 1 saturated heterocycles. The van der Waals surface area contributed by atoms with Crippen molar-refractivity contribution in [3.63, 3.8) is 0 Å². The lowest BCUT2D eigenvalue weighted by molar-refractivity contribution is -0.117. The van der Waals surface area contributed by atoms with Gasteiger partial charge < -0.3 is 9.67 Å². The van der Waals surface area contributed by atoms with E-state index in [-0.39, 0.29) is 11.7 Å². The molecule has 1 aliphatic heterocycles. The fourth-order valence-corrected chi connectivity index (χ4v) is 2.92. The predicted octanol–water partition coefficient (Wildman–Crippen LogP) is 1.68. The lowest BCUT2D eigenvalue weighted by Crippen LogP contribution is -2.33. The van der Waals surface area contributed by atoms with Crippen LogP contribution in [0.25, 0.3) is 0 Å². The van der Waals surface area contributed by atoms with E-state index in [1.807, 2.05) is 24.3 Å². The van der Waals surface area contributed by atoms with Gasteiger partial charge in [-0.3, -0.25) is 14.5 Å². The van der Waals surface area contributed by atoms with Gasteiger partial charge >= 0.3 is 0 Å². The van der Waals surface area contributed by atoms with E-state index in [2.05, 4.69) is 4.98 Å². The maximum atomic E-state index is 12.3. The summed E-state index contributed by atoms with van der Waals surface area (Å²) >= 11 is 0. The highest BCUT2D eigenvalue weighted by Crippen LogP contribution is 2.29. The quantitative estimate of drug-likeness (QED) is 0.852. The fraction of sp³-hybridized carbons (Fsp3) is 0.353. The number of aliphatic hydroxyl groups excluding tert-OH is 1. The van der Waals surface area contributed by atoms with Crippen molar-refractivity contribution in [2.75, 3.05) is 4.90 Å². The topological polar surface area (TPSA) is 75.4 Å². The Morgan fingerprint density at radius 3 is 2.83 bits per heavy atom. The monoisotopic (exact) mass is 313 g/mol. The lowest BCUT2D eigenvalue weighted by Gasteiger charge is -2.23. The molecule has 1 aromatic carbocycles. The second-order valence-electron chi connectivity index (χ2n) is 5.72. The predicted molar refractivity (Wildman–Crippen MR) is 85.0 cm³/mol. The normalized spacial score (nSPS) is 17.7. The highest BCUT2D eigenvalue weighted by Gasteiger charge is 2.31. The molecular formula is C17H19N3O3. The van der Waals surface area contributed by atoms with E-state index in [1.165, 1.54) is 4.90 Å². The van der Waals surface area contributed by atoms with Crippen LogP contribution in [0.5, 0.6) is 0 Å². The largest absolute Gasteiger partial charge is 0.373 e. The molecular weight excluding hydrogens is 294 g/mol. The van der Waals surface area contributed by atoms with Crippen LogP contribution >= 0.6 is 0 Å². The molecule has 2 aromatic rings. The molecule has 1 aliphatic rings. The third kappa shape index (κ3) is 3.03. The summed E-state index contributed by atoms with van der Waals surface area (Å²) in [5.74, 6) is -0.0731. The van der Waals surface area contributed by atoms with E-state index in [1.54, 1.807) is 24.1 Å². The number of ketones is 1. The maximum absolute atomic E-state index is 12.3. The zero-order chi connectivity index (χ0) is 16.4. The van der Waals surface area contributed by atoms with Crippen LogP contribution in [-0.4, -0.2) is 32.6 Å². The van der Waals surface area contributed by atoms with Gasteiger partial charge in [0.1, 0.15) is 11.9 Å². The Labute approximate surface area is 134 Å². The molecule has 1 fully saturated rings. The minimum absolute atomic E-state index is 0.00750. The Balaban J connectivity index is 1.78. The molecule has 0 radical (unpaired) electrons. The van der Waals surface area contributed by atoms with Crippen LogP contribution in [-0.2, 0) is 18.3 Å². The van der Waals surface area contributed by atoms with Crippen LogP contribution < -0.4 is 4.90 Å². The molecule has 1 atom stereocenters. The number of hydrogen-bond donors (Lipinski definition) is 1. The van der Waals surface area contributed by atoms with Gasteiger partial charge in [-0.25, -0.2) is 4.98 Å². The van der Waals surface area contributed by atoms with Crippen molar-refractivity contribution in [3.05, 3.63) is 48.0 Å². The van der Waals surface area contributed by atoms with Crippen molar-refractivity contribution in [1.29, 1.82) is 0 Å². The fourth-order valence-electron chi connectivity index (χ4n) is 2.92. The number of rotatable bonds is 5. The number of amides is 1. The molecule has 6 heteroatoms. The van der Waals surface area contributed by atoms with Crippen LogP contribution in [0.2, 0.25) is 0 Å². The molecule has 0 bridgehead atoms. The summed E-state index contributed by atoms with van der Waals surface area (Å²) < 4.78 is 1.70. The van der Waals surface area contributed by atoms with Crippen LogP contribution in [0.1, 0.15) is 35.3 Å². The van der Waals surface area contributed by atoms with Crippen LogP contribution in [0.4, 0.5) is 5.69 Å². The van der Waals surface area contributed by atoms with E-state index in [0.717, 1.165) is 5.56 Å². The summed E-state index contributed by atoms with van der Waals surface area (Å²) in [4.78, 5) is 29.7. The Morgan fingerprint density at radius 2 is 2.17 bits per heavy atom. The smallest absolute Gasteiger partial charge is 0.229 e. The van der Waals surface area contributed by atoms with Gasteiger partial charge in [0.2, 0.25) is 5.91 Å². The average Bonchev–Trinajstić information content (AvgIpc) is 3.11. The third-order valence-electron chi connectivity index (χ3n) is 4.16. The zero-order valence-electron chi connectivity index (χ0n) is 13.0. The summed E-state index contributed by atoms with van der Waals surface area (Å²) in [5, 5.41) is 10.0. The Bertz CT molecular complexity index is 738. The average molecular weight is 313 g/mol. The summed E-state index contributed by atoms with van der Waals surface area (Å²) in [6.07, 6.45) is 4.01. The van der Waals surface area contributed by atoms with Crippen molar-refractivity contribution >= 4 is 17.4 Å². The summed E-state index contributed by atoms with van der Waals surface area (Å²) in [7, 11) is 1.79. The standard InChI is InChI=1S/C17H19N3O3/c1-19-11-18-10-14(19)15(21)7-6-12-4-2-3-5-13(12)20-16(22)8-9-17(20)23/h2-5,10-11,16,22H,6-9H2,1H3. The molecule has 3 rings (SSSR count). The molecule has 1 unspecified atom stereocenters. The van der Waals surface area contributed by atoms with Crippen molar-refractivity contribution < 1.29 is 14.7 Å². The minimum Gasteiger partial charge on any atom is -0.373 e. The second-order valence-corrected chi connectivity index (χ2v) is 5.72. The Kier molecular flexibility index (Phi) is 4.25. The molecule has 0 saturated carbocycles. The van der Waals surface area contributed by atoms with E-state index in [0.29, 0.717) is 37.1 Å². The molecule has 0 aliphatic carbocycles. The first-order valence-electron chi connectivity index (χ1n) is 7.65.